The van der Waals surface area contributed by atoms with Gasteiger partial charge in [0.05, 0.1) is 10.7 Å². The zero-order chi connectivity index (χ0) is 21.0. The summed E-state index contributed by atoms with van der Waals surface area (Å²) in [4.78, 5) is 35.9. The van der Waals surface area contributed by atoms with Gasteiger partial charge in [-0.2, -0.15) is 4.98 Å². The molecule has 2 aromatic rings. The second-order valence-corrected chi connectivity index (χ2v) is 10.2. The third-order valence-electron chi connectivity index (χ3n) is 7.02. The van der Waals surface area contributed by atoms with Crippen molar-refractivity contribution in [1.29, 1.82) is 0 Å². The Morgan fingerprint density at radius 3 is 2.38 bits per heavy atom. The summed E-state index contributed by atoms with van der Waals surface area (Å²) >= 11 is 1.50. The molecule has 1 aliphatic carbocycles. The number of amides is 2. The molecule has 2 amide bonds. The molecule has 4 rings (SSSR count). The highest BCUT2D eigenvalue weighted by Crippen LogP contribution is 2.68. The van der Waals surface area contributed by atoms with E-state index in [9.17, 15) is 9.59 Å². The molecule has 1 saturated carbocycles. The quantitative estimate of drug-likeness (QED) is 0.811. The highest BCUT2D eigenvalue weighted by atomic mass is 32.1. The van der Waals surface area contributed by atoms with E-state index in [0.29, 0.717) is 17.3 Å². The van der Waals surface area contributed by atoms with Gasteiger partial charge in [0.25, 0.3) is 5.91 Å². The highest BCUT2D eigenvalue weighted by molar-refractivity contribution is 7.10. The van der Waals surface area contributed by atoms with Crippen LogP contribution in [0.3, 0.4) is 0 Å². The van der Waals surface area contributed by atoms with E-state index >= 15 is 0 Å². The van der Waals surface area contributed by atoms with Gasteiger partial charge in [0.1, 0.15) is 12.0 Å². The molecule has 2 fully saturated rings. The first-order valence-corrected chi connectivity index (χ1v) is 11.0. The van der Waals surface area contributed by atoms with Crippen LogP contribution in [0.15, 0.2) is 16.1 Å². The van der Waals surface area contributed by atoms with Gasteiger partial charge in [0.15, 0.2) is 0 Å². The lowest BCUT2D eigenvalue weighted by Crippen LogP contribution is -2.39. The van der Waals surface area contributed by atoms with Crippen LogP contribution in [0.25, 0.3) is 0 Å². The number of piperidine rings is 1. The van der Waals surface area contributed by atoms with Crippen LogP contribution in [-0.4, -0.2) is 39.8 Å². The number of hydrogen-bond donors (Lipinski definition) is 1. The summed E-state index contributed by atoms with van der Waals surface area (Å²) in [5.74, 6) is 0.370. The summed E-state index contributed by atoms with van der Waals surface area (Å²) in [6.45, 7) is 12.0. The van der Waals surface area contributed by atoms with Crippen LogP contribution in [0.5, 0.6) is 0 Å². The Hall–Kier alpha value is -2.22. The molecule has 0 spiro atoms. The van der Waals surface area contributed by atoms with Gasteiger partial charge in [-0.25, -0.2) is 4.98 Å². The first-order valence-electron chi connectivity index (χ1n) is 10.1. The molecule has 1 saturated heterocycles. The van der Waals surface area contributed by atoms with Crippen molar-refractivity contribution in [2.45, 2.75) is 53.4 Å². The van der Waals surface area contributed by atoms with Crippen LogP contribution in [0, 0.1) is 23.7 Å². The Morgan fingerprint density at radius 1 is 1.17 bits per heavy atom. The van der Waals surface area contributed by atoms with Crippen LogP contribution < -0.4 is 5.32 Å². The highest BCUT2D eigenvalue weighted by Gasteiger charge is 2.68. The summed E-state index contributed by atoms with van der Waals surface area (Å²) in [5.41, 5.74) is 1.22. The average Bonchev–Trinajstić information content (AvgIpc) is 3.13. The molecule has 1 aliphatic heterocycles. The first kappa shape index (κ1) is 20.1. The number of nitrogens with zero attached hydrogens (tertiary/aromatic N) is 3. The fourth-order valence-corrected chi connectivity index (χ4v) is 5.47. The van der Waals surface area contributed by atoms with Crippen molar-refractivity contribution < 1.29 is 14.0 Å². The SMILES string of the molecule is Cc1coc(NC(=O)c2csc(C3CCN(C(=O)C4C(C)(C)C4(C)C)CC3)n2)n1. The molecule has 2 aliphatic rings. The minimum Gasteiger partial charge on any atom is -0.432 e. The number of rotatable bonds is 4. The Kier molecular flexibility index (Phi) is 4.80. The molecule has 0 aromatic carbocycles. The summed E-state index contributed by atoms with van der Waals surface area (Å²) < 4.78 is 5.16. The Balaban J connectivity index is 1.34. The smallest absolute Gasteiger partial charge is 0.301 e. The van der Waals surface area contributed by atoms with E-state index in [-0.39, 0.29) is 34.6 Å². The molecule has 1 N–H and O–H groups in total. The number of carbonyl (C=O) groups is 2. The Labute approximate surface area is 174 Å². The monoisotopic (exact) mass is 416 g/mol. The van der Waals surface area contributed by atoms with E-state index in [2.05, 4.69) is 43.0 Å². The normalized spacial score (nSPS) is 21.2. The van der Waals surface area contributed by atoms with Crippen molar-refractivity contribution in [3.8, 4) is 0 Å². The third kappa shape index (κ3) is 3.47. The predicted octanol–water partition coefficient (Wildman–Crippen LogP) is 4.08. The van der Waals surface area contributed by atoms with Gasteiger partial charge in [0.2, 0.25) is 5.91 Å². The molecule has 8 heteroatoms. The van der Waals surface area contributed by atoms with Crippen molar-refractivity contribution in [3.05, 3.63) is 28.0 Å². The van der Waals surface area contributed by atoms with Crippen LogP contribution in [-0.2, 0) is 4.79 Å². The van der Waals surface area contributed by atoms with E-state index < -0.39 is 0 Å². The van der Waals surface area contributed by atoms with E-state index in [4.69, 9.17) is 4.42 Å². The zero-order valence-electron chi connectivity index (χ0n) is 17.6. The Bertz CT molecular complexity index is 923. The lowest BCUT2D eigenvalue weighted by molar-refractivity contribution is -0.134. The maximum atomic E-state index is 12.9. The fourth-order valence-electron chi connectivity index (χ4n) is 4.50. The number of nitrogens with one attached hydrogen (secondary N) is 1. The average molecular weight is 417 g/mol. The molecule has 0 bridgehead atoms. The number of carbonyl (C=O) groups excluding carboxylic acids is 2. The van der Waals surface area contributed by atoms with Crippen molar-refractivity contribution >= 4 is 29.2 Å². The van der Waals surface area contributed by atoms with Gasteiger partial charge < -0.3 is 9.32 Å². The number of aromatic nitrogens is 2. The van der Waals surface area contributed by atoms with Gasteiger partial charge in [-0.3, -0.25) is 14.9 Å². The van der Waals surface area contributed by atoms with Crippen LogP contribution >= 0.6 is 11.3 Å². The molecule has 2 aromatic heterocycles. The number of thiazole rings is 1. The van der Waals surface area contributed by atoms with Gasteiger partial charge in [-0.15, -0.1) is 11.3 Å². The standard InChI is InChI=1S/C21H28N4O3S/c1-12-10-28-19(22-12)24-16(26)14-11-29-17(23-14)13-6-8-25(9-7-13)18(27)15-20(2,3)21(15,4)5/h10-11,13,15H,6-9H2,1-5H3,(H,22,24,26). The van der Waals surface area contributed by atoms with Gasteiger partial charge in [0, 0.05) is 30.3 Å². The molecule has 7 nitrogen and oxygen atoms in total. The molecule has 3 heterocycles. The van der Waals surface area contributed by atoms with Gasteiger partial charge in [-0.05, 0) is 30.6 Å². The second kappa shape index (κ2) is 6.93. The fraction of sp³-hybridized carbons (Fsp3) is 0.619. The molecule has 29 heavy (non-hydrogen) atoms. The summed E-state index contributed by atoms with van der Waals surface area (Å²) in [6.07, 6.45) is 3.25. The maximum Gasteiger partial charge on any atom is 0.301 e. The van der Waals surface area contributed by atoms with Crippen LogP contribution in [0.1, 0.15) is 67.6 Å². The first-order chi connectivity index (χ1) is 13.6. The maximum absolute atomic E-state index is 12.9. The van der Waals surface area contributed by atoms with Crippen molar-refractivity contribution in [2.24, 2.45) is 16.7 Å². The van der Waals surface area contributed by atoms with Crippen LogP contribution in [0.2, 0.25) is 0 Å². The minimum absolute atomic E-state index is 0.0693. The molecular formula is C21H28N4O3S. The van der Waals surface area contributed by atoms with Gasteiger partial charge >= 0.3 is 6.01 Å². The third-order valence-corrected chi connectivity index (χ3v) is 8.02. The number of aryl methyl sites for hydroxylation is 1. The van der Waals surface area contributed by atoms with E-state index in [1.165, 1.54) is 17.6 Å². The predicted molar refractivity (Wildman–Crippen MR) is 111 cm³/mol. The second-order valence-electron chi connectivity index (χ2n) is 9.30. The van der Waals surface area contributed by atoms with Crippen LogP contribution in [0.4, 0.5) is 6.01 Å². The molecular weight excluding hydrogens is 388 g/mol. The summed E-state index contributed by atoms with van der Waals surface area (Å²) in [5, 5.41) is 5.35. The Morgan fingerprint density at radius 2 is 1.83 bits per heavy atom. The summed E-state index contributed by atoms with van der Waals surface area (Å²) in [6, 6.07) is 0.180. The van der Waals surface area contributed by atoms with Crippen molar-refractivity contribution in [3.63, 3.8) is 0 Å². The van der Waals surface area contributed by atoms with Crippen molar-refractivity contribution in [1.82, 2.24) is 14.9 Å². The van der Waals surface area contributed by atoms with Gasteiger partial charge in [-0.1, -0.05) is 27.7 Å². The zero-order valence-corrected chi connectivity index (χ0v) is 18.4. The molecule has 0 unspecified atom stereocenters. The molecule has 0 radical (unpaired) electrons. The molecule has 0 atom stereocenters. The minimum atomic E-state index is -0.319. The molecule has 156 valence electrons. The van der Waals surface area contributed by atoms with E-state index in [1.807, 2.05) is 4.90 Å². The van der Waals surface area contributed by atoms with E-state index in [0.717, 1.165) is 30.9 Å². The number of oxazole rings is 1. The van der Waals surface area contributed by atoms with Crippen molar-refractivity contribution in [2.75, 3.05) is 18.4 Å². The number of likely N-dealkylation sites (tertiary alicyclic amines) is 1. The number of anilines is 1. The van der Waals surface area contributed by atoms with E-state index in [1.54, 1.807) is 12.3 Å². The largest absolute Gasteiger partial charge is 0.432 e. The lowest BCUT2D eigenvalue weighted by atomic mass is 9.96. The summed E-state index contributed by atoms with van der Waals surface area (Å²) in [7, 11) is 0. The topological polar surface area (TPSA) is 88.3 Å². The number of hydrogen-bond acceptors (Lipinski definition) is 6. The lowest BCUT2D eigenvalue weighted by Gasteiger charge is -2.31.